The third-order valence-electron chi connectivity index (χ3n) is 4.69. The zero-order chi connectivity index (χ0) is 19.8. The van der Waals surface area contributed by atoms with Crippen molar-refractivity contribution in [1.29, 1.82) is 0 Å². The molecule has 5 nitrogen and oxygen atoms in total. The number of hydrogen-bond donors (Lipinski definition) is 2. The van der Waals surface area contributed by atoms with Crippen LogP contribution in [0.1, 0.15) is 39.7 Å². The molecule has 0 radical (unpaired) electrons. The van der Waals surface area contributed by atoms with Gasteiger partial charge < -0.3 is 15.4 Å². The summed E-state index contributed by atoms with van der Waals surface area (Å²) in [6.07, 6.45) is 1.20. The molecule has 0 bridgehead atoms. The molecule has 0 saturated carbocycles. The molecule has 0 spiro atoms. The van der Waals surface area contributed by atoms with Crippen molar-refractivity contribution < 1.29 is 9.53 Å². The maximum absolute atomic E-state index is 12.3. The van der Waals surface area contributed by atoms with Gasteiger partial charge in [-0.3, -0.25) is 4.90 Å². The quantitative estimate of drug-likeness (QED) is 0.644. The maximum atomic E-state index is 12.3. The van der Waals surface area contributed by atoms with E-state index >= 15 is 0 Å². The Kier molecular flexibility index (Phi) is 8.93. The molecular formula is C21H35N3O2S. The van der Waals surface area contributed by atoms with Crippen LogP contribution in [-0.2, 0) is 4.74 Å². The summed E-state index contributed by atoms with van der Waals surface area (Å²) < 4.78 is 5.79. The van der Waals surface area contributed by atoms with Crippen molar-refractivity contribution in [2.75, 3.05) is 38.1 Å². The summed E-state index contributed by atoms with van der Waals surface area (Å²) in [5.41, 5.74) is 1.93. The van der Waals surface area contributed by atoms with Crippen LogP contribution in [0.5, 0.6) is 0 Å². The lowest BCUT2D eigenvalue weighted by atomic mass is 10.2. The minimum Gasteiger partial charge on any atom is -0.374 e. The van der Waals surface area contributed by atoms with E-state index < -0.39 is 0 Å². The molecule has 1 heterocycles. The molecule has 1 aliphatic heterocycles. The van der Waals surface area contributed by atoms with Crippen LogP contribution in [0.25, 0.3) is 0 Å². The van der Waals surface area contributed by atoms with Gasteiger partial charge in [-0.2, -0.15) is 0 Å². The Hall–Kier alpha value is -1.24. The Morgan fingerprint density at radius 2 is 2.15 bits per heavy atom. The zero-order valence-electron chi connectivity index (χ0n) is 17.4. The molecule has 2 rings (SSSR count). The highest BCUT2D eigenvalue weighted by atomic mass is 32.2. The smallest absolute Gasteiger partial charge is 0.319 e. The number of carbonyl (C=O) groups is 1. The van der Waals surface area contributed by atoms with Crippen LogP contribution in [0.15, 0.2) is 23.1 Å². The average molecular weight is 394 g/mol. The largest absolute Gasteiger partial charge is 0.374 e. The van der Waals surface area contributed by atoms with E-state index in [2.05, 4.69) is 55.4 Å². The van der Waals surface area contributed by atoms with Crippen LogP contribution in [0.4, 0.5) is 10.5 Å². The van der Waals surface area contributed by atoms with E-state index in [9.17, 15) is 4.79 Å². The van der Waals surface area contributed by atoms with Crippen molar-refractivity contribution in [1.82, 2.24) is 10.2 Å². The first-order valence-corrected chi connectivity index (χ1v) is 10.9. The third-order valence-corrected chi connectivity index (χ3v) is 5.96. The van der Waals surface area contributed by atoms with Gasteiger partial charge in [-0.05, 0) is 43.0 Å². The van der Waals surface area contributed by atoms with Gasteiger partial charge in [-0.15, -0.1) is 11.8 Å². The topological polar surface area (TPSA) is 53.6 Å². The van der Waals surface area contributed by atoms with Crippen molar-refractivity contribution in [2.45, 2.75) is 57.3 Å². The van der Waals surface area contributed by atoms with Gasteiger partial charge in [-0.25, -0.2) is 4.79 Å². The number of aryl methyl sites for hydroxylation is 1. The monoisotopic (exact) mass is 393 g/mol. The fourth-order valence-corrected chi connectivity index (χ4v) is 4.15. The molecule has 0 aliphatic carbocycles. The van der Waals surface area contributed by atoms with E-state index in [1.165, 1.54) is 4.90 Å². The van der Waals surface area contributed by atoms with Crippen molar-refractivity contribution in [3.8, 4) is 0 Å². The van der Waals surface area contributed by atoms with E-state index in [0.717, 1.165) is 43.9 Å². The van der Waals surface area contributed by atoms with Crippen molar-refractivity contribution in [3.05, 3.63) is 23.8 Å². The molecule has 1 aromatic carbocycles. The normalized spacial score (nSPS) is 19.1. The lowest BCUT2D eigenvalue weighted by molar-refractivity contribution is -0.0288. The van der Waals surface area contributed by atoms with Gasteiger partial charge >= 0.3 is 6.03 Å². The molecule has 1 aliphatic rings. The van der Waals surface area contributed by atoms with Crippen LogP contribution in [0.3, 0.4) is 0 Å². The maximum Gasteiger partial charge on any atom is 0.319 e. The van der Waals surface area contributed by atoms with Crippen molar-refractivity contribution >= 4 is 23.5 Å². The van der Waals surface area contributed by atoms with Crippen molar-refractivity contribution in [2.24, 2.45) is 5.92 Å². The Labute approximate surface area is 168 Å². The van der Waals surface area contributed by atoms with E-state index in [0.29, 0.717) is 17.7 Å². The minimum absolute atomic E-state index is 0.0543. The Bertz CT molecular complexity index is 609. The number of hydrogen-bond acceptors (Lipinski definition) is 4. The number of anilines is 1. The number of morpholine rings is 1. The molecule has 2 unspecified atom stereocenters. The van der Waals surface area contributed by atoms with Gasteiger partial charge in [0.05, 0.1) is 12.7 Å². The van der Waals surface area contributed by atoms with Gasteiger partial charge in [0.1, 0.15) is 0 Å². The van der Waals surface area contributed by atoms with Gasteiger partial charge in [0.15, 0.2) is 0 Å². The van der Waals surface area contributed by atoms with Gasteiger partial charge in [-0.1, -0.05) is 27.7 Å². The van der Waals surface area contributed by atoms with E-state index in [-0.39, 0.29) is 12.1 Å². The van der Waals surface area contributed by atoms with Crippen LogP contribution >= 0.6 is 11.8 Å². The van der Waals surface area contributed by atoms with Crippen LogP contribution < -0.4 is 10.6 Å². The number of carbonyl (C=O) groups excluding carboxylic acids is 1. The van der Waals surface area contributed by atoms with E-state index in [1.807, 2.05) is 24.8 Å². The molecule has 1 saturated heterocycles. The SMILES string of the molecule is CCC(C)Sc1ccc(NC(=O)NCC2CN(CC(C)C)CCO2)c(C)c1. The zero-order valence-corrected chi connectivity index (χ0v) is 18.2. The molecule has 152 valence electrons. The second-order valence-corrected chi connectivity index (χ2v) is 9.31. The fraction of sp³-hybridized carbons (Fsp3) is 0.667. The Morgan fingerprint density at radius 3 is 2.81 bits per heavy atom. The number of rotatable bonds is 8. The number of ether oxygens (including phenoxy) is 1. The minimum atomic E-state index is -0.176. The molecule has 6 heteroatoms. The lowest BCUT2D eigenvalue weighted by Gasteiger charge is -2.33. The summed E-state index contributed by atoms with van der Waals surface area (Å²) in [7, 11) is 0. The average Bonchev–Trinajstić information content (AvgIpc) is 2.62. The first-order chi connectivity index (χ1) is 12.9. The van der Waals surface area contributed by atoms with Gasteiger partial charge in [0, 0.05) is 42.0 Å². The molecule has 2 atom stereocenters. The number of nitrogens with one attached hydrogen (secondary N) is 2. The highest BCUT2D eigenvalue weighted by molar-refractivity contribution is 7.99. The second kappa shape index (κ2) is 10.9. The first-order valence-electron chi connectivity index (χ1n) is 10.0. The number of thioether (sulfide) groups is 1. The van der Waals surface area contributed by atoms with E-state index in [4.69, 9.17) is 4.74 Å². The Balaban J connectivity index is 1.80. The predicted octanol–water partition coefficient (Wildman–Crippen LogP) is 4.36. The molecular weight excluding hydrogens is 358 g/mol. The highest BCUT2D eigenvalue weighted by Gasteiger charge is 2.21. The van der Waals surface area contributed by atoms with Gasteiger partial charge in [0.2, 0.25) is 0 Å². The van der Waals surface area contributed by atoms with Crippen LogP contribution in [0, 0.1) is 12.8 Å². The standard InChI is InChI=1S/C21H35N3O2S/c1-6-17(5)27-19-7-8-20(16(4)11-19)23-21(25)22-12-18-14-24(9-10-26-18)13-15(2)3/h7-8,11,15,17-18H,6,9-10,12-14H2,1-5H3,(H2,22,23,25). The number of urea groups is 1. The van der Waals surface area contributed by atoms with Crippen LogP contribution in [-0.4, -0.2) is 55.1 Å². The number of amides is 2. The molecule has 0 aromatic heterocycles. The molecule has 2 N–H and O–H groups in total. The summed E-state index contributed by atoms with van der Waals surface area (Å²) in [5.74, 6) is 0.643. The molecule has 2 amide bonds. The highest BCUT2D eigenvalue weighted by Crippen LogP contribution is 2.28. The third kappa shape index (κ3) is 7.72. The number of nitrogens with zero attached hydrogens (tertiary/aromatic N) is 1. The summed E-state index contributed by atoms with van der Waals surface area (Å²) in [6, 6.07) is 6.03. The molecule has 27 heavy (non-hydrogen) atoms. The fourth-order valence-electron chi connectivity index (χ4n) is 3.12. The predicted molar refractivity (Wildman–Crippen MR) is 115 cm³/mol. The lowest BCUT2D eigenvalue weighted by Crippen LogP contribution is -2.48. The first kappa shape index (κ1) is 22.1. The van der Waals surface area contributed by atoms with E-state index in [1.54, 1.807) is 0 Å². The van der Waals surface area contributed by atoms with Crippen LogP contribution in [0.2, 0.25) is 0 Å². The number of benzene rings is 1. The summed E-state index contributed by atoms with van der Waals surface area (Å²) >= 11 is 1.87. The molecule has 1 fully saturated rings. The second-order valence-electron chi connectivity index (χ2n) is 7.79. The van der Waals surface area contributed by atoms with Crippen molar-refractivity contribution in [3.63, 3.8) is 0 Å². The summed E-state index contributed by atoms with van der Waals surface area (Å²) in [5, 5.41) is 6.50. The Morgan fingerprint density at radius 1 is 1.37 bits per heavy atom. The molecule has 1 aromatic rings. The summed E-state index contributed by atoms with van der Waals surface area (Å²) in [6.45, 7) is 15.1. The summed E-state index contributed by atoms with van der Waals surface area (Å²) in [4.78, 5) is 15.9. The van der Waals surface area contributed by atoms with Gasteiger partial charge in [0.25, 0.3) is 0 Å².